The monoisotopic (exact) mass is 268 g/mol. The quantitative estimate of drug-likeness (QED) is 0.833. The maximum absolute atomic E-state index is 6.08. The molecule has 0 aromatic carbocycles. The van der Waals surface area contributed by atoms with Crippen molar-refractivity contribution in [3.63, 3.8) is 0 Å². The van der Waals surface area contributed by atoms with E-state index in [4.69, 9.17) is 10.5 Å². The number of likely N-dealkylation sites (tertiary alicyclic amines) is 1. The zero-order chi connectivity index (χ0) is 13.5. The summed E-state index contributed by atoms with van der Waals surface area (Å²) in [6.45, 7) is 7.49. The highest BCUT2D eigenvalue weighted by Crippen LogP contribution is 2.27. The number of ether oxygens (including phenoxy) is 1. The number of hydrogen-bond acceptors (Lipinski definition) is 3. The Hall–Kier alpha value is -0.120. The van der Waals surface area contributed by atoms with Crippen molar-refractivity contribution in [1.29, 1.82) is 0 Å². The van der Waals surface area contributed by atoms with Crippen molar-refractivity contribution in [2.24, 2.45) is 17.6 Å². The van der Waals surface area contributed by atoms with Gasteiger partial charge < -0.3 is 10.5 Å². The fraction of sp³-hybridized carbons (Fsp3) is 1.00. The van der Waals surface area contributed by atoms with Crippen LogP contribution in [0.1, 0.15) is 51.9 Å². The van der Waals surface area contributed by atoms with Gasteiger partial charge in [0, 0.05) is 19.2 Å². The summed E-state index contributed by atoms with van der Waals surface area (Å²) in [5.74, 6) is 1.62. The molecule has 3 nitrogen and oxygen atoms in total. The van der Waals surface area contributed by atoms with Gasteiger partial charge in [0.25, 0.3) is 0 Å². The Bertz CT molecular complexity index is 241. The van der Waals surface area contributed by atoms with Gasteiger partial charge in [-0.2, -0.15) is 0 Å². The molecule has 0 aromatic heterocycles. The van der Waals surface area contributed by atoms with Crippen molar-refractivity contribution < 1.29 is 4.74 Å². The summed E-state index contributed by atoms with van der Waals surface area (Å²) >= 11 is 0. The van der Waals surface area contributed by atoms with E-state index in [2.05, 4.69) is 11.8 Å². The van der Waals surface area contributed by atoms with Gasteiger partial charge in [-0.15, -0.1) is 0 Å². The minimum absolute atomic E-state index is 0.556. The predicted molar refractivity (Wildman–Crippen MR) is 80.2 cm³/mol. The first-order valence-electron chi connectivity index (χ1n) is 8.37. The second-order valence-corrected chi connectivity index (χ2v) is 6.40. The minimum atomic E-state index is 0.556. The lowest BCUT2D eigenvalue weighted by atomic mass is 9.92. The van der Waals surface area contributed by atoms with Crippen LogP contribution >= 0.6 is 0 Å². The van der Waals surface area contributed by atoms with E-state index in [1.165, 1.54) is 58.0 Å². The zero-order valence-corrected chi connectivity index (χ0v) is 12.7. The van der Waals surface area contributed by atoms with Crippen molar-refractivity contribution >= 4 is 0 Å². The van der Waals surface area contributed by atoms with Gasteiger partial charge in [-0.05, 0) is 57.0 Å². The van der Waals surface area contributed by atoms with Crippen LogP contribution in [0.5, 0.6) is 0 Å². The predicted octanol–water partition coefficient (Wildman–Crippen LogP) is 2.64. The number of rotatable bonds is 5. The molecule has 0 saturated carbocycles. The van der Waals surface area contributed by atoms with Crippen LogP contribution in [0.4, 0.5) is 0 Å². The Morgan fingerprint density at radius 2 is 2.11 bits per heavy atom. The molecular weight excluding hydrogens is 236 g/mol. The van der Waals surface area contributed by atoms with Gasteiger partial charge in [0.05, 0.1) is 6.61 Å². The van der Waals surface area contributed by atoms with Gasteiger partial charge in [-0.1, -0.05) is 19.8 Å². The average Bonchev–Trinajstić information content (AvgIpc) is 2.68. The summed E-state index contributed by atoms with van der Waals surface area (Å²) in [6.07, 6.45) is 9.41. The second-order valence-electron chi connectivity index (χ2n) is 6.40. The molecule has 2 aliphatic rings. The third-order valence-corrected chi connectivity index (χ3v) is 5.03. The van der Waals surface area contributed by atoms with E-state index in [0.29, 0.717) is 12.0 Å². The highest BCUT2D eigenvalue weighted by molar-refractivity contribution is 4.84. The summed E-state index contributed by atoms with van der Waals surface area (Å²) in [7, 11) is 0. The lowest BCUT2D eigenvalue weighted by Crippen LogP contribution is -2.48. The molecule has 2 rings (SSSR count). The normalized spacial score (nSPS) is 31.9. The van der Waals surface area contributed by atoms with Gasteiger partial charge in [0.1, 0.15) is 0 Å². The molecule has 0 radical (unpaired) electrons. The molecule has 0 bridgehead atoms. The van der Waals surface area contributed by atoms with Crippen molar-refractivity contribution in [1.82, 2.24) is 4.90 Å². The van der Waals surface area contributed by atoms with Crippen LogP contribution in [0.15, 0.2) is 0 Å². The van der Waals surface area contributed by atoms with Crippen molar-refractivity contribution in [3.8, 4) is 0 Å². The van der Waals surface area contributed by atoms with Crippen molar-refractivity contribution in [2.45, 2.75) is 57.9 Å². The molecule has 3 unspecified atom stereocenters. The van der Waals surface area contributed by atoms with E-state index < -0.39 is 0 Å². The Morgan fingerprint density at radius 3 is 2.79 bits per heavy atom. The van der Waals surface area contributed by atoms with E-state index in [0.717, 1.165) is 25.7 Å². The molecule has 0 aromatic rings. The van der Waals surface area contributed by atoms with E-state index in [1.54, 1.807) is 0 Å². The fourth-order valence-corrected chi connectivity index (χ4v) is 3.92. The Balaban J connectivity index is 1.87. The first kappa shape index (κ1) is 15.3. The van der Waals surface area contributed by atoms with Crippen LogP contribution in [0, 0.1) is 11.8 Å². The van der Waals surface area contributed by atoms with E-state index in [1.807, 2.05) is 0 Å². The Morgan fingerprint density at radius 1 is 1.21 bits per heavy atom. The summed E-state index contributed by atoms with van der Waals surface area (Å²) in [4.78, 5) is 2.68. The molecule has 0 amide bonds. The molecule has 2 aliphatic heterocycles. The Kier molecular flexibility index (Phi) is 6.62. The maximum atomic E-state index is 6.08. The zero-order valence-electron chi connectivity index (χ0n) is 12.7. The first-order chi connectivity index (χ1) is 9.35. The summed E-state index contributed by atoms with van der Waals surface area (Å²) < 4.78 is 5.66. The molecule has 2 saturated heterocycles. The smallest absolute Gasteiger partial charge is 0.0509 e. The Labute approximate surface area is 118 Å². The second kappa shape index (κ2) is 8.23. The van der Waals surface area contributed by atoms with Gasteiger partial charge in [-0.3, -0.25) is 4.90 Å². The summed E-state index contributed by atoms with van der Waals surface area (Å²) in [6, 6.07) is 0.556. The molecule has 2 N–H and O–H groups in total. The topological polar surface area (TPSA) is 38.5 Å². The van der Waals surface area contributed by atoms with Crippen LogP contribution in [0.3, 0.4) is 0 Å². The van der Waals surface area contributed by atoms with E-state index >= 15 is 0 Å². The van der Waals surface area contributed by atoms with Crippen molar-refractivity contribution in [2.75, 3.05) is 32.8 Å². The average molecular weight is 268 g/mol. The first-order valence-corrected chi connectivity index (χ1v) is 8.37. The van der Waals surface area contributed by atoms with Crippen molar-refractivity contribution in [3.05, 3.63) is 0 Å². The maximum Gasteiger partial charge on any atom is 0.0509 e. The third kappa shape index (κ3) is 4.44. The van der Waals surface area contributed by atoms with Crippen LogP contribution < -0.4 is 5.73 Å². The van der Waals surface area contributed by atoms with E-state index in [-0.39, 0.29) is 0 Å². The van der Waals surface area contributed by atoms with Crippen LogP contribution in [-0.4, -0.2) is 43.8 Å². The van der Waals surface area contributed by atoms with E-state index in [9.17, 15) is 0 Å². The summed E-state index contributed by atoms with van der Waals surface area (Å²) in [5.41, 5.74) is 6.08. The highest BCUT2D eigenvalue weighted by atomic mass is 16.5. The summed E-state index contributed by atoms with van der Waals surface area (Å²) in [5, 5.41) is 0. The number of hydrogen-bond donors (Lipinski definition) is 1. The van der Waals surface area contributed by atoms with Gasteiger partial charge in [-0.25, -0.2) is 0 Å². The molecule has 112 valence electrons. The molecule has 2 heterocycles. The third-order valence-electron chi connectivity index (χ3n) is 5.03. The highest BCUT2D eigenvalue weighted by Gasteiger charge is 2.29. The molecular formula is C16H32N2O. The van der Waals surface area contributed by atoms with Crippen LogP contribution in [-0.2, 0) is 4.74 Å². The standard InChI is InChI=1S/C16H32N2O/c1-2-5-14-6-3-9-18(10-8-14)16(12-17)15-7-4-11-19-13-15/h14-16H,2-13,17H2,1H3. The molecule has 3 atom stereocenters. The van der Waals surface area contributed by atoms with Crippen LogP contribution in [0.25, 0.3) is 0 Å². The number of nitrogens with zero attached hydrogens (tertiary/aromatic N) is 1. The molecule has 0 spiro atoms. The lowest BCUT2D eigenvalue weighted by molar-refractivity contribution is 0.0117. The van der Waals surface area contributed by atoms with Gasteiger partial charge in [0.15, 0.2) is 0 Å². The molecule has 2 fully saturated rings. The number of nitrogens with two attached hydrogens (primary N) is 1. The SMILES string of the molecule is CCCC1CCCN(C(CN)C2CCCOC2)CC1. The molecule has 0 aliphatic carbocycles. The van der Waals surface area contributed by atoms with Gasteiger partial charge in [0.2, 0.25) is 0 Å². The fourth-order valence-electron chi connectivity index (χ4n) is 3.92. The molecule has 3 heteroatoms. The molecule has 19 heavy (non-hydrogen) atoms. The lowest BCUT2D eigenvalue weighted by Gasteiger charge is -2.37. The van der Waals surface area contributed by atoms with Crippen LogP contribution in [0.2, 0.25) is 0 Å². The largest absolute Gasteiger partial charge is 0.381 e. The minimum Gasteiger partial charge on any atom is -0.381 e. The van der Waals surface area contributed by atoms with Gasteiger partial charge >= 0.3 is 0 Å².